The van der Waals surface area contributed by atoms with Crippen molar-refractivity contribution in [1.29, 1.82) is 5.41 Å². The summed E-state index contributed by atoms with van der Waals surface area (Å²) in [5.74, 6) is -0.159. The molecule has 0 fully saturated rings. The van der Waals surface area contributed by atoms with Crippen LogP contribution in [-0.4, -0.2) is 12.9 Å². The monoisotopic (exact) mass is 182 g/mol. The van der Waals surface area contributed by atoms with Crippen molar-refractivity contribution >= 4 is 5.84 Å². The number of aryl methyl sites for hydroxylation is 1. The van der Waals surface area contributed by atoms with E-state index in [0.29, 0.717) is 11.3 Å². The smallest absolute Gasteiger partial charge is 0.130 e. The zero-order valence-corrected chi connectivity index (χ0v) is 7.52. The summed E-state index contributed by atoms with van der Waals surface area (Å²) in [7, 11) is 1.46. The maximum absolute atomic E-state index is 13.0. The number of hydrogen-bond acceptors (Lipinski definition) is 2. The van der Waals surface area contributed by atoms with Crippen molar-refractivity contribution in [2.45, 2.75) is 6.92 Å². The number of benzene rings is 1. The molecular weight excluding hydrogens is 171 g/mol. The molecule has 0 aliphatic heterocycles. The Labute approximate surface area is 75.8 Å². The highest BCUT2D eigenvalue weighted by atomic mass is 19.1. The minimum absolute atomic E-state index is 0.198. The molecule has 1 rings (SSSR count). The molecule has 0 atom stereocenters. The second kappa shape index (κ2) is 3.43. The van der Waals surface area contributed by atoms with Gasteiger partial charge in [-0.2, -0.15) is 0 Å². The van der Waals surface area contributed by atoms with Gasteiger partial charge in [-0.3, -0.25) is 5.41 Å². The quantitative estimate of drug-likeness (QED) is 0.537. The van der Waals surface area contributed by atoms with Crippen LogP contribution in [0.15, 0.2) is 12.1 Å². The van der Waals surface area contributed by atoms with Crippen LogP contribution in [0, 0.1) is 18.2 Å². The van der Waals surface area contributed by atoms with Crippen LogP contribution in [-0.2, 0) is 0 Å². The molecule has 0 aromatic heterocycles. The topological polar surface area (TPSA) is 59.1 Å². The lowest BCUT2D eigenvalue weighted by molar-refractivity contribution is 0.412. The van der Waals surface area contributed by atoms with E-state index in [0.717, 1.165) is 0 Å². The highest BCUT2D eigenvalue weighted by molar-refractivity contribution is 5.97. The fourth-order valence-corrected chi connectivity index (χ4v) is 1.03. The Morgan fingerprint density at radius 2 is 2.15 bits per heavy atom. The number of rotatable bonds is 2. The second-order valence-corrected chi connectivity index (χ2v) is 2.72. The van der Waals surface area contributed by atoms with Crippen LogP contribution in [0.3, 0.4) is 0 Å². The first-order valence-electron chi connectivity index (χ1n) is 3.74. The SMILES string of the molecule is COc1cc(C)c(F)cc1C(=N)N. The van der Waals surface area contributed by atoms with Gasteiger partial charge in [0.25, 0.3) is 0 Å². The molecule has 0 heterocycles. The lowest BCUT2D eigenvalue weighted by Gasteiger charge is -2.08. The second-order valence-electron chi connectivity index (χ2n) is 2.72. The molecule has 0 unspecified atom stereocenters. The molecule has 0 aliphatic rings. The van der Waals surface area contributed by atoms with Crippen LogP contribution in [0.4, 0.5) is 4.39 Å². The summed E-state index contributed by atoms with van der Waals surface area (Å²) in [6.45, 7) is 1.63. The van der Waals surface area contributed by atoms with Gasteiger partial charge < -0.3 is 10.5 Å². The van der Waals surface area contributed by atoms with Crippen LogP contribution in [0.1, 0.15) is 11.1 Å². The lowest BCUT2D eigenvalue weighted by atomic mass is 10.1. The minimum atomic E-state index is -0.383. The molecule has 0 aliphatic carbocycles. The Kier molecular flexibility index (Phi) is 2.51. The summed E-state index contributed by atoms with van der Waals surface area (Å²) in [6, 6.07) is 2.72. The first-order valence-corrected chi connectivity index (χ1v) is 3.74. The van der Waals surface area contributed by atoms with Gasteiger partial charge in [0.05, 0.1) is 12.7 Å². The van der Waals surface area contributed by atoms with Crippen LogP contribution < -0.4 is 10.5 Å². The van der Waals surface area contributed by atoms with E-state index in [1.807, 2.05) is 0 Å². The van der Waals surface area contributed by atoms with Crippen molar-refractivity contribution in [2.24, 2.45) is 5.73 Å². The van der Waals surface area contributed by atoms with E-state index in [1.54, 1.807) is 6.92 Å². The van der Waals surface area contributed by atoms with E-state index in [2.05, 4.69) is 0 Å². The lowest BCUT2D eigenvalue weighted by Crippen LogP contribution is -2.13. The van der Waals surface area contributed by atoms with Crippen LogP contribution in [0.5, 0.6) is 5.75 Å². The maximum Gasteiger partial charge on any atom is 0.130 e. The number of hydrogen-bond donors (Lipinski definition) is 2. The third kappa shape index (κ3) is 1.77. The summed E-state index contributed by atoms with van der Waals surface area (Å²) >= 11 is 0. The molecule has 0 saturated heterocycles. The van der Waals surface area contributed by atoms with E-state index < -0.39 is 0 Å². The third-order valence-electron chi connectivity index (χ3n) is 1.77. The number of halogens is 1. The minimum Gasteiger partial charge on any atom is -0.496 e. The number of nitrogens with one attached hydrogen (secondary N) is 1. The molecule has 1 aromatic rings. The molecule has 0 saturated carbocycles. The van der Waals surface area contributed by atoms with Crippen molar-refractivity contribution in [2.75, 3.05) is 7.11 Å². The molecule has 0 radical (unpaired) electrons. The molecule has 0 amide bonds. The maximum atomic E-state index is 13.0. The molecule has 0 spiro atoms. The van der Waals surface area contributed by atoms with E-state index in [-0.39, 0.29) is 17.2 Å². The average Bonchev–Trinajstić information content (AvgIpc) is 2.08. The van der Waals surface area contributed by atoms with Gasteiger partial charge in [-0.1, -0.05) is 0 Å². The molecule has 3 N–H and O–H groups in total. The van der Waals surface area contributed by atoms with Crippen molar-refractivity contribution in [3.63, 3.8) is 0 Å². The number of nitrogen functional groups attached to an aromatic ring is 1. The zero-order valence-electron chi connectivity index (χ0n) is 7.52. The predicted octanol–water partition coefficient (Wildman–Crippen LogP) is 1.43. The molecule has 1 aromatic carbocycles. The predicted molar refractivity (Wildman–Crippen MR) is 48.7 cm³/mol. The standard InChI is InChI=1S/C9H11FN2O/c1-5-3-8(13-2)6(9(11)12)4-7(5)10/h3-4H,1-2H3,(H3,11,12). The first-order chi connectivity index (χ1) is 6.06. The largest absolute Gasteiger partial charge is 0.496 e. The van der Waals surface area contributed by atoms with Gasteiger partial charge in [-0.05, 0) is 24.6 Å². The third-order valence-corrected chi connectivity index (χ3v) is 1.77. The van der Waals surface area contributed by atoms with Gasteiger partial charge in [0.15, 0.2) is 0 Å². The van der Waals surface area contributed by atoms with E-state index in [4.69, 9.17) is 15.9 Å². The number of amidine groups is 1. The fourth-order valence-electron chi connectivity index (χ4n) is 1.03. The van der Waals surface area contributed by atoms with Gasteiger partial charge in [-0.15, -0.1) is 0 Å². The zero-order chi connectivity index (χ0) is 10.0. The van der Waals surface area contributed by atoms with Gasteiger partial charge in [-0.25, -0.2) is 4.39 Å². The van der Waals surface area contributed by atoms with Gasteiger partial charge in [0.2, 0.25) is 0 Å². The van der Waals surface area contributed by atoms with E-state index >= 15 is 0 Å². The Balaban J connectivity index is 3.33. The summed E-state index contributed by atoms with van der Waals surface area (Å²) < 4.78 is 18.0. The number of nitrogens with two attached hydrogens (primary N) is 1. The van der Waals surface area contributed by atoms with Crippen molar-refractivity contribution in [1.82, 2.24) is 0 Å². The fraction of sp³-hybridized carbons (Fsp3) is 0.222. The Morgan fingerprint density at radius 3 is 2.62 bits per heavy atom. The van der Waals surface area contributed by atoms with Crippen molar-refractivity contribution in [3.8, 4) is 5.75 Å². The van der Waals surface area contributed by atoms with Crippen LogP contribution >= 0.6 is 0 Å². The highest BCUT2D eigenvalue weighted by Gasteiger charge is 2.09. The molecule has 4 heteroatoms. The summed E-state index contributed by atoms with van der Waals surface area (Å²) in [5.41, 5.74) is 6.00. The molecule has 3 nitrogen and oxygen atoms in total. The number of methoxy groups -OCH3 is 1. The van der Waals surface area contributed by atoms with Crippen molar-refractivity contribution in [3.05, 3.63) is 29.1 Å². The molecule has 13 heavy (non-hydrogen) atoms. The average molecular weight is 182 g/mol. The normalized spacial score (nSPS) is 9.77. The summed E-state index contributed by atoms with van der Waals surface area (Å²) in [6.07, 6.45) is 0. The van der Waals surface area contributed by atoms with Gasteiger partial charge in [0.1, 0.15) is 17.4 Å². The van der Waals surface area contributed by atoms with Crippen LogP contribution in [0.2, 0.25) is 0 Å². The highest BCUT2D eigenvalue weighted by Crippen LogP contribution is 2.21. The van der Waals surface area contributed by atoms with Crippen molar-refractivity contribution < 1.29 is 9.13 Å². The molecule has 70 valence electrons. The van der Waals surface area contributed by atoms with Gasteiger partial charge >= 0.3 is 0 Å². The van der Waals surface area contributed by atoms with E-state index in [1.165, 1.54) is 19.2 Å². The van der Waals surface area contributed by atoms with Gasteiger partial charge in [0, 0.05) is 0 Å². The Morgan fingerprint density at radius 1 is 1.54 bits per heavy atom. The summed E-state index contributed by atoms with van der Waals surface area (Å²) in [4.78, 5) is 0. The van der Waals surface area contributed by atoms with Crippen LogP contribution in [0.25, 0.3) is 0 Å². The Bertz CT molecular complexity index is 350. The molecular formula is C9H11FN2O. The van der Waals surface area contributed by atoms with E-state index in [9.17, 15) is 4.39 Å². The molecule has 0 bridgehead atoms. The summed E-state index contributed by atoms with van der Waals surface area (Å²) in [5, 5.41) is 7.18. The Hall–Kier alpha value is -1.58. The first kappa shape index (κ1) is 9.51. The number of ether oxygens (including phenoxy) is 1.